The van der Waals surface area contributed by atoms with Crippen LogP contribution in [0.15, 0.2) is 36.4 Å². The number of anilines is 1. The number of ether oxygens (including phenoxy) is 9. The maximum absolute atomic E-state index is 13.5. The van der Waals surface area contributed by atoms with E-state index < -0.39 is 78.6 Å². The van der Waals surface area contributed by atoms with Crippen LogP contribution in [-0.2, 0) is 71.4 Å². The minimum atomic E-state index is -4.58. The van der Waals surface area contributed by atoms with Gasteiger partial charge in [-0.25, -0.2) is 13.6 Å². The van der Waals surface area contributed by atoms with Gasteiger partial charge in [-0.05, 0) is 26.0 Å². The van der Waals surface area contributed by atoms with Crippen molar-refractivity contribution in [2.75, 3.05) is 138 Å². The Labute approximate surface area is 397 Å². The van der Waals surface area contributed by atoms with Crippen molar-refractivity contribution in [2.45, 2.75) is 50.8 Å². The zero-order valence-corrected chi connectivity index (χ0v) is 39.1. The SMILES string of the molecule is COCCOCCOCCOCCOCCOCCOCCOCCN(C)C(=O)C(OC(=O)NCC(F)(F)C(F)F)c1ccc(NC(=O)[C@H](C)NC(=O)[C@H](C)NC(=O)CCN2C(=O)C=CC2=O)cc1. The van der Waals surface area contributed by atoms with Crippen molar-refractivity contribution in [3.63, 3.8) is 0 Å². The quantitative estimate of drug-likeness (QED) is 0.0407. The number of nitrogens with zero attached hydrogens (tertiary/aromatic N) is 2. The van der Waals surface area contributed by atoms with Crippen LogP contribution in [0, 0.1) is 0 Å². The molecule has 1 heterocycles. The van der Waals surface area contributed by atoms with Gasteiger partial charge in [-0.15, -0.1) is 0 Å². The van der Waals surface area contributed by atoms with Gasteiger partial charge in [0.15, 0.2) is 0 Å². The molecule has 1 aliphatic heterocycles. The topological polar surface area (TPSA) is 257 Å². The van der Waals surface area contributed by atoms with E-state index in [1.54, 1.807) is 12.4 Å². The van der Waals surface area contributed by atoms with E-state index in [0.717, 1.165) is 22.0 Å². The summed E-state index contributed by atoms with van der Waals surface area (Å²) in [6, 6.07) is 2.93. The fraction of sp³-hybridized carbons (Fsp3) is 0.651. The molecule has 0 saturated heterocycles. The van der Waals surface area contributed by atoms with Gasteiger partial charge in [-0.2, -0.15) is 8.78 Å². The lowest BCUT2D eigenvalue weighted by molar-refractivity contribution is -0.141. The number of imide groups is 1. The maximum Gasteiger partial charge on any atom is 0.408 e. The summed E-state index contributed by atoms with van der Waals surface area (Å²) in [6.45, 7) is 6.10. The maximum atomic E-state index is 13.5. The first-order valence-corrected chi connectivity index (χ1v) is 21.9. The summed E-state index contributed by atoms with van der Waals surface area (Å²) in [4.78, 5) is 89.3. The van der Waals surface area contributed by atoms with Gasteiger partial charge in [0, 0.05) is 57.1 Å². The second-order valence-corrected chi connectivity index (χ2v) is 14.8. The molecule has 0 spiro atoms. The molecular formula is C43H64F4N6O16. The third-order valence-electron chi connectivity index (χ3n) is 9.31. The van der Waals surface area contributed by atoms with Gasteiger partial charge in [0.1, 0.15) is 12.1 Å². The Bertz CT molecular complexity index is 1750. The number of carbonyl (C=O) groups is 7. The number of benzene rings is 1. The second kappa shape index (κ2) is 34.0. The van der Waals surface area contributed by atoms with E-state index in [1.807, 2.05) is 0 Å². The molecule has 1 unspecified atom stereocenters. The van der Waals surface area contributed by atoms with E-state index in [1.165, 1.54) is 45.2 Å². The number of carbonyl (C=O) groups excluding carboxylic acids is 7. The summed E-state index contributed by atoms with van der Waals surface area (Å²) in [7, 11) is 2.96. The largest absolute Gasteiger partial charge is 0.431 e. The molecule has 390 valence electrons. The molecule has 1 aliphatic rings. The van der Waals surface area contributed by atoms with Crippen molar-refractivity contribution >= 4 is 47.2 Å². The smallest absolute Gasteiger partial charge is 0.408 e. The average molecular weight is 997 g/mol. The molecule has 2 rings (SSSR count). The molecular weight excluding hydrogens is 932 g/mol. The highest BCUT2D eigenvalue weighted by Crippen LogP contribution is 2.24. The Hall–Kier alpha value is -5.35. The van der Waals surface area contributed by atoms with Crippen molar-refractivity contribution in [2.24, 2.45) is 0 Å². The molecule has 22 nitrogen and oxygen atoms in total. The fourth-order valence-corrected chi connectivity index (χ4v) is 5.39. The third-order valence-corrected chi connectivity index (χ3v) is 9.31. The Morgan fingerprint density at radius 3 is 1.58 bits per heavy atom. The van der Waals surface area contributed by atoms with Crippen LogP contribution in [0.4, 0.5) is 28.0 Å². The summed E-state index contributed by atoms with van der Waals surface area (Å²) >= 11 is 0. The van der Waals surface area contributed by atoms with Crippen molar-refractivity contribution in [3.8, 4) is 0 Å². The molecule has 69 heavy (non-hydrogen) atoms. The Balaban J connectivity index is 1.75. The number of methoxy groups -OCH3 is 1. The van der Waals surface area contributed by atoms with Gasteiger partial charge in [0.25, 0.3) is 17.7 Å². The monoisotopic (exact) mass is 996 g/mol. The Morgan fingerprint density at radius 1 is 0.667 bits per heavy atom. The molecule has 7 amide bonds. The van der Waals surface area contributed by atoms with Crippen molar-refractivity contribution < 1.29 is 93.8 Å². The Kier molecular flexibility index (Phi) is 29.5. The molecule has 3 atom stereocenters. The van der Waals surface area contributed by atoms with Crippen molar-refractivity contribution in [1.29, 1.82) is 0 Å². The van der Waals surface area contributed by atoms with Gasteiger partial charge in [-0.3, -0.25) is 33.7 Å². The standard InChI is InChI=1S/C43H64F4N6O16/c1-30(49-34(54)11-12-53-35(55)9-10-36(53)56)38(57)50-31(2)39(58)51-33-7-5-32(6-8-33)37(69-42(60)48-29-43(46,47)41(44)45)40(59)52(3)13-14-62-17-18-64-21-22-66-25-26-68-28-27-67-24-23-65-20-19-63-16-15-61-4/h5-10,30-31,37,41H,11-29H2,1-4H3,(H,48,60)(H,49,54)(H,50,57)(H,51,58)/t30-,31-,37?/m0/s1. The minimum absolute atomic E-state index is 0.00576. The van der Waals surface area contributed by atoms with E-state index in [9.17, 15) is 51.1 Å². The van der Waals surface area contributed by atoms with E-state index in [2.05, 4.69) is 16.0 Å². The highest BCUT2D eigenvalue weighted by molar-refractivity contribution is 6.13. The van der Waals surface area contributed by atoms with Gasteiger partial charge < -0.3 is 68.8 Å². The number of likely N-dealkylation sites (N-methyl/N-ethyl adjacent to an activating group) is 1. The number of alkyl halides is 4. The van der Waals surface area contributed by atoms with Crippen molar-refractivity contribution in [3.05, 3.63) is 42.0 Å². The molecule has 0 aliphatic carbocycles. The summed E-state index contributed by atoms with van der Waals surface area (Å²) in [5.74, 6) is -8.60. The van der Waals surface area contributed by atoms with Crippen LogP contribution in [0.2, 0.25) is 0 Å². The lowest BCUT2D eigenvalue weighted by Gasteiger charge is -2.25. The molecule has 4 N–H and O–H groups in total. The molecule has 0 fully saturated rings. The number of alkyl carbamates (subject to hydrolysis) is 1. The first kappa shape index (κ1) is 59.8. The van der Waals surface area contributed by atoms with Gasteiger partial charge in [0.05, 0.1) is 106 Å². The van der Waals surface area contributed by atoms with Gasteiger partial charge in [0.2, 0.25) is 23.8 Å². The van der Waals surface area contributed by atoms with Gasteiger partial charge >= 0.3 is 18.4 Å². The predicted molar refractivity (Wildman–Crippen MR) is 234 cm³/mol. The number of hydrogen-bond acceptors (Lipinski definition) is 16. The normalized spacial score (nSPS) is 13.8. The average Bonchev–Trinajstić information content (AvgIpc) is 3.64. The Morgan fingerprint density at radius 2 is 1.12 bits per heavy atom. The number of nitrogens with one attached hydrogen (secondary N) is 4. The number of amides is 7. The fourth-order valence-electron chi connectivity index (χ4n) is 5.39. The summed E-state index contributed by atoms with van der Waals surface area (Å²) in [5.41, 5.74) is 0.155. The number of halogens is 4. The molecule has 1 aromatic rings. The van der Waals surface area contributed by atoms with Crippen LogP contribution >= 0.6 is 0 Å². The molecule has 0 saturated carbocycles. The highest BCUT2D eigenvalue weighted by Gasteiger charge is 2.41. The van der Waals surface area contributed by atoms with E-state index in [0.29, 0.717) is 72.7 Å². The molecule has 0 radical (unpaired) electrons. The number of rotatable bonds is 38. The highest BCUT2D eigenvalue weighted by atomic mass is 19.3. The second-order valence-electron chi connectivity index (χ2n) is 14.8. The first-order chi connectivity index (χ1) is 33.0. The van der Waals surface area contributed by atoms with Crippen LogP contribution in [0.3, 0.4) is 0 Å². The van der Waals surface area contributed by atoms with Crippen LogP contribution in [0.5, 0.6) is 0 Å². The summed E-state index contributed by atoms with van der Waals surface area (Å²) in [6.07, 6.45) is -5.55. The van der Waals surface area contributed by atoms with Crippen LogP contribution < -0.4 is 21.3 Å². The van der Waals surface area contributed by atoms with Crippen LogP contribution in [0.1, 0.15) is 31.9 Å². The van der Waals surface area contributed by atoms with E-state index >= 15 is 0 Å². The first-order valence-electron chi connectivity index (χ1n) is 21.9. The zero-order chi connectivity index (χ0) is 51.0. The van der Waals surface area contributed by atoms with Crippen molar-refractivity contribution in [1.82, 2.24) is 25.8 Å². The predicted octanol–water partition coefficient (Wildman–Crippen LogP) is 0.838. The molecule has 1 aromatic carbocycles. The van der Waals surface area contributed by atoms with Gasteiger partial charge in [-0.1, -0.05) is 12.1 Å². The number of hydrogen-bond donors (Lipinski definition) is 4. The minimum Gasteiger partial charge on any atom is -0.431 e. The molecule has 26 heteroatoms. The van der Waals surface area contributed by atoms with Crippen LogP contribution in [0.25, 0.3) is 0 Å². The summed E-state index contributed by atoms with van der Waals surface area (Å²) < 4.78 is 100. The molecule has 0 aromatic heterocycles. The van der Waals surface area contributed by atoms with Crippen LogP contribution in [-0.4, -0.2) is 209 Å². The summed E-state index contributed by atoms with van der Waals surface area (Å²) in [5, 5.41) is 8.93. The van der Waals surface area contributed by atoms with E-state index in [4.69, 9.17) is 42.6 Å². The lowest BCUT2D eigenvalue weighted by atomic mass is 10.1. The third kappa shape index (κ3) is 25.2. The zero-order valence-electron chi connectivity index (χ0n) is 39.1. The molecule has 0 bridgehead atoms. The lowest BCUT2D eigenvalue weighted by Crippen LogP contribution is -2.50. The van der Waals surface area contributed by atoms with E-state index in [-0.39, 0.29) is 57.2 Å².